The summed E-state index contributed by atoms with van der Waals surface area (Å²) in [6.45, 7) is 8.09. The van der Waals surface area contributed by atoms with Gasteiger partial charge in [0.05, 0.1) is 0 Å². The van der Waals surface area contributed by atoms with E-state index in [4.69, 9.17) is 5.11 Å². The molecule has 0 aromatic heterocycles. The summed E-state index contributed by atoms with van der Waals surface area (Å²) >= 11 is 0. The first kappa shape index (κ1) is 17.5. The van der Waals surface area contributed by atoms with Gasteiger partial charge in [-0.3, -0.25) is 9.59 Å². The van der Waals surface area contributed by atoms with E-state index in [1.807, 2.05) is 13.8 Å². The van der Waals surface area contributed by atoms with Gasteiger partial charge in [-0.25, -0.2) is 0 Å². The van der Waals surface area contributed by atoms with Gasteiger partial charge in [-0.15, -0.1) is 0 Å². The highest BCUT2D eigenvalue weighted by molar-refractivity contribution is 5.83. The van der Waals surface area contributed by atoms with Crippen molar-refractivity contribution in [3.63, 3.8) is 0 Å². The molecule has 23 heavy (non-hydrogen) atoms. The van der Waals surface area contributed by atoms with Gasteiger partial charge < -0.3 is 10.4 Å². The number of hydrogen-bond acceptors (Lipinski definition) is 2. The molecule has 0 saturated heterocycles. The van der Waals surface area contributed by atoms with Crippen LogP contribution in [0.2, 0.25) is 0 Å². The second-order valence-electron chi connectivity index (χ2n) is 7.54. The maximum atomic E-state index is 12.4. The van der Waals surface area contributed by atoms with E-state index in [1.165, 1.54) is 11.1 Å². The van der Waals surface area contributed by atoms with Crippen LogP contribution in [0, 0.1) is 5.92 Å². The summed E-state index contributed by atoms with van der Waals surface area (Å²) < 4.78 is 0. The van der Waals surface area contributed by atoms with Crippen molar-refractivity contribution < 1.29 is 14.7 Å². The lowest BCUT2D eigenvalue weighted by atomic mass is 9.97. The Bertz CT molecular complexity index is 575. The lowest BCUT2D eigenvalue weighted by molar-refractivity contribution is -0.138. The van der Waals surface area contributed by atoms with Crippen molar-refractivity contribution in [1.82, 2.24) is 5.32 Å². The van der Waals surface area contributed by atoms with Crippen LogP contribution in [0.4, 0.5) is 0 Å². The molecule has 2 N–H and O–H groups in total. The number of amides is 1. The molecule has 1 aliphatic carbocycles. The quantitative estimate of drug-likeness (QED) is 0.806. The van der Waals surface area contributed by atoms with Crippen LogP contribution in [-0.2, 0) is 9.59 Å². The van der Waals surface area contributed by atoms with E-state index in [9.17, 15) is 9.59 Å². The van der Waals surface area contributed by atoms with Gasteiger partial charge >= 0.3 is 5.97 Å². The zero-order valence-electron chi connectivity index (χ0n) is 14.4. The minimum absolute atomic E-state index is 0.0176. The topological polar surface area (TPSA) is 66.4 Å². The molecule has 4 nitrogen and oxygen atoms in total. The molecule has 0 aliphatic heterocycles. The third-order valence-electron chi connectivity index (χ3n) is 4.58. The molecule has 0 radical (unpaired) electrons. The maximum Gasteiger partial charge on any atom is 0.303 e. The summed E-state index contributed by atoms with van der Waals surface area (Å²) in [5.74, 6) is 0.0352. The van der Waals surface area contributed by atoms with Crippen LogP contribution in [0.15, 0.2) is 24.3 Å². The number of carboxylic acids is 1. The van der Waals surface area contributed by atoms with E-state index in [0.29, 0.717) is 18.3 Å². The number of carbonyl (C=O) groups excluding carboxylic acids is 1. The molecule has 1 fully saturated rings. The summed E-state index contributed by atoms with van der Waals surface area (Å²) in [4.78, 5) is 23.0. The van der Waals surface area contributed by atoms with Crippen LogP contribution in [0.3, 0.4) is 0 Å². The number of aliphatic carboxylic acids is 1. The van der Waals surface area contributed by atoms with Crippen molar-refractivity contribution in [2.24, 2.45) is 5.92 Å². The van der Waals surface area contributed by atoms with Crippen molar-refractivity contribution in [3.8, 4) is 0 Å². The van der Waals surface area contributed by atoms with Crippen LogP contribution >= 0.6 is 0 Å². The first-order valence-electron chi connectivity index (χ1n) is 8.33. The zero-order valence-corrected chi connectivity index (χ0v) is 14.4. The molecule has 0 spiro atoms. The number of carboxylic acid groups (broad SMARTS) is 1. The second-order valence-corrected chi connectivity index (χ2v) is 7.54. The SMILES string of the molecule is CC(C)c1ccc(C2CC2C(=O)NC(C)(C)CCC(=O)O)cc1. The van der Waals surface area contributed by atoms with E-state index in [1.54, 1.807) is 0 Å². The minimum atomic E-state index is -0.832. The third-order valence-corrected chi connectivity index (χ3v) is 4.58. The first-order chi connectivity index (χ1) is 10.7. The van der Waals surface area contributed by atoms with Crippen molar-refractivity contribution in [1.29, 1.82) is 0 Å². The fraction of sp³-hybridized carbons (Fsp3) is 0.579. The highest BCUT2D eigenvalue weighted by Gasteiger charge is 2.45. The summed E-state index contributed by atoms with van der Waals surface area (Å²) in [7, 11) is 0. The van der Waals surface area contributed by atoms with Crippen LogP contribution in [0.25, 0.3) is 0 Å². The van der Waals surface area contributed by atoms with Gasteiger partial charge in [-0.2, -0.15) is 0 Å². The molecule has 1 aromatic carbocycles. The van der Waals surface area contributed by atoms with Gasteiger partial charge in [0.15, 0.2) is 0 Å². The second kappa shape index (κ2) is 6.73. The molecular formula is C19H27NO3. The smallest absolute Gasteiger partial charge is 0.303 e. The largest absolute Gasteiger partial charge is 0.481 e. The Morgan fingerprint density at radius 3 is 2.39 bits per heavy atom. The zero-order chi connectivity index (χ0) is 17.2. The van der Waals surface area contributed by atoms with Gasteiger partial charge in [0, 0.05) is 17.9 Å². The molecule has 0 bridgehead atoms. The molecule has 2 rings (SSSR count). The highest BCUT2D eigenvalue weighted by atomic mass is 16.4. The first-order valence-corrected chi connectivity index (χ1v) is 8.33. The molecule has 1 aromatic rings. The summed E-state index contributed by atoms with van der Waals surface area (Å²) in [5, 5.41) is 11.8. The molecule has 2 atom stereocenters. The van der Waals surface area contributed by atoms with E-state index >= 15 is 0 Å². The minimum Gasteiger partial charge on any atom is -0.481 e. The Morgan fingerprint density at radius 2 is 1.87 bits per heavy atom. The average Bonchev–Trinajstić information content (AvgIpc) is 3.25. The summed E-state index contributed by atoms with van der Waals surface area (Å²) in [6, 6.07) is 8.54. The molecule has 2 unspecified atom stereocenters. The monoisotopic (exact) mass is 317 g/mol. The van der Waals surface area contributed by atoms with E-state index in [0.717, 1.165) is 6.42 Å². The van der Waals surface area contributed by atoms with E-state index < -0.39 is 11.5 Å². The van der Waals surface area contributed by atoms with E-state index in [2.05, 4.69) is 43.4 Å². The number of benzene rings is 1. The van der Waals surface area contributed by atoms with Gasteiger partial charge in [0.1, 0.15) is 0 Å². The Balaban J connectivity index is 1.89. The Hall–Kier alpha value is -1.84. The predicted molar refractivity (Wildman–Crippen MR) is 90.5 cm³/mol. The number of nitrogens with one attached hydrogen (secondary N) is 1. The van der Waals surface area contributed by atoms with Crippen molar-refractivity contribution >= 4 is 11.9 Å². The van der Waals surface area contributed by atoms with Crippen molar-refractivity contribution in [2.45, 2.75) is 64.3 Å². The van der Waals surface area contributed by atoms with Crippen molar-refractivity contribution in [3.05, 3.63) is 35.4 Å². The summed E-state index contributed by atoms with van der Waals surface area (Å²) in [6.07, 6.45) is 1.38. The van der Waals surface area contributed by atoms with Crippen molar-refractivity contribution in [2.75, 3.05) is 0 Å². The number of carbonyl (C=O) groups is 2. The third kappa shape index (κ3) is 4.81. The Labute approximate surface area is 138 Å². The number of rotatable bonds is 7. The maximum absolute atomic E-state index is 12.4. The Morgan fingerprint density at radius 1 is 1.26 bits per heavy atom. The lowest BCUT2D eigenvalue weighted by Gasteiger charge is -2.25. The van der Waals surface area contributed by atoms with Gasteiger partial charge in [0.25, 0.3) is 0 Å². The fourth-order valence-corrected chi connectivity index (χ4v) is 2.89. The van der Waals surface area contributed by atoms with Crippen LogP contribution in [0.1, 0.15) is 69.9 Å². The molecule has 1 amide bonds. The van der Waals surface area contributed by atoms with Crippen LogP contribution in [0.5, 0.6) is 0 Å². The molecule has 4 heteroatoms. The number of hydrogen-bond donors (Lipinski definition) is 2. The van der Waals surface area contributed by atoms with Gasteiger partial charge in [0.2, 0.25) is 5.91 Å². The van der Waals surface area contributed by atoms with E-state index in [-0.39, 0.29) is 18.2 Å². The molecular weight excluding hydrogens is 290 g/mol. The molecule has 0 heterocycles. The van der Waals surface area contributed by atoms with Gasteiger partial charge in [-0.05, 0) is 49.7 Å². The van der Waals surface area contributed by atoms with Crippen LogP contribution in [-0.4, -0.2) is 22.5 Å². The fourth-order valence-electron chi connectivity index (χ4n) is 2.89. The Kier molecular flexibility index (Phi) is 5.12. The normalized spacial score (nSPS) is 20.4. The molecule has 126 valence electrons. The van der Waals surface area contributed by atoms with Gasteiger partial charge in [-0.1, -0.05) is 38.1 Å². The summed E-state index contributed by atoms with van der Waals surface area (Å²) in [5.41, 5.74) is 2.05. The van der Waals surface area contributed by atoms with Crippen LogP contribution < -0.4 is 5.32 Å². The average molecular weight is 317 g/mol. The molecule has 1 aliphatic rings. The lowest BCUT2D eigenvalue weighted by Crippen LogP contribution is -2.44. The highest BCUT2D eigenvalue weighted by Crippen LogP contribution is 2.48. The standard InChI is InChI=1S/C19H27NO3/c1-12(2)13-5-7-14(8-6-13)15-11-16(15)18(23)20-19(3,4)10-9-17(21)22/h5-8,12,15-16H,9-11H2,1-4H3,(H,20,23)(H,21,22). The molecule has 1 saturated carbocycles. The predicted octanol–water partition coefficient (Wildman–Crippen LogP) is 3.67.